The quantitative estimate of drug-likeness (QED) is 0.694. The molecule has 160 valence electrons. The number of benzene rings is 1. The van der Waals surface area contributed by atoms with Crippen LogP contribution in [0.1, 0.15) is 18.4 Å². The zero-order valence-electron chi connectivity index (χ0n) is 15.9. The molecule has 1 saturated carbocycles. The summed E-state index contributed by atoms with van der Waals surface area (Å²) in [4.78, 5) is 28.0. The number of carbonyl (C=O) groups is 2. The van der Waals surface area contributed by atoms with Gasteiger partial charge in [-0.3, -0.25) is 19.4 Å². The highest BCUT2D eigenvalue weighted by molar-refractivity contribution is 6.31. The maximum atomic E-state index is 12.9. The molecule has 1 aliphatic heterocycles. The summed E-state index contributed by atoms with van der Waals surface area (Å²) in [5.74, 6) is 0.268. The van der Waals surface area contributed by atoms with Crippen molar-refractivity contribution < 1.29 is 22.8 Å². The summed E-state index contributed by atoms with van der Waals surface area (Å²) in [6.45, 7) is 3.70. The number of anilines is 1. The largest absolute Gasteiger partial charge is 0.417 e. The lowest BCUT2D eigenvalue weighted by Gasteiger charge is -2.33. The number of hydrogen-bond acceptors (Lipinski definition) is 4. The van der Waals surface area contributed by atoms with Gasteiger partial charge in [-0.05, 0) is 37.0 Å². The van der Waals surface area contributed by atoms with Gasteiger partial charge in [-0.1, -0.05) is 11.6 Å². The van der Waals surface area contributed by atoms with Gasteiger partial charge in [-0.25, -0.2) is 0 Å². The molecule has 2 amide bonds. The van der Waals surface area contributed by atoms with Crippen LogP contribution in [-0.2, 0) is 15.8 Å². The molecule has 1 saturated heterocycles. The molecule has 0 radical (unpaired) electrons. The van der Waals surface area contributed by atoms with Gasteiger partial charge < -0.3 is 10.6 Å². The van der Waals surface area contributed by atoms with Gasteiger partial charge in [0.25, 0.3) is 0 Å². The van der Waals surface area contributed by atoms with Gasteiger partial charge in [-0.15, -0.1) is 0 Å². The van der Waals surface area contributed by atoms with Crippen LogP contribution in [0.5, 0.6) is 0 Å². The van der Waals surface area contributed by atoms with E-state index < -0.39 is 22.7 Å². The lowest BCUT2D eigenvalue weighted by Crippen LogP contribution is -2.51. The standard InChI is InChI=1S/C19H24ClF3N4O2/c20-16-4-3-14(9-15(16)19(21,22)23)25-18(29)12-27-7-5-26(6-8-27)11-17(28)24-10-13-1-2-13/h3-4,9,13H,1-2,5-8,10-12H2,(H,24,28)(H,25,29). The Morgan fingerprint density at radius 1 is 1.03 bits per heavy atom. The lowest BCUT2D eigenvalue weighted by molar-refractivity contribution is -0.137. The molecule has 2 N–H and O–H groups in total. The minimum Gasteiger partial charge on any atom is -0.355 e. The Kier molecular flexibility index (Phi) is 7.02. The van der Waals surface area contributed by atoms with E-state index in [4.69, 9.17) is 11.6 Å². The summed E-state index contributed by atoms with van der Waals surface area (Å²) < 4.78 is 38.8. The summed E-state index contributed by atoms with van der Waals surface area (Å²) >= 11 is 5.59. The van der Waals surface area contributed by atoms with E-state index in [1.807, 2.05) is 9.80 Å². The number of halogens is 4. The summed E-state index contributed by atoms with van der Waals surface area (Å²) in [5.41, 5.74) is -0.928. The Labute approximate surface area is 172 Å². The molecule has 1 aromatic rings. The predicted octanol–water partition coefficient (Wildman–Crippen LogP) is 2.44. The van der Waals surface area contributed by atoms with Gasteiger partial charge in [0.2, 0.25) is 11.8 Å². The van der Waals surface area contributed by atoms with Crippen LogP contribution in [0.2, 0.25) is 5.02 Å². The molecule has 3 rings (SSSR count). The Morgan fingerprint density at radius 3 is 2.17 bits per heavy atom. The van der Waals surface area contributed by atoms with Crippen molar-refractivity contribution in [3.63, 3.8) is 0 Å². The van der Waals surface area contributed by atoms with Crippen LogP contribution >= 0.6 is 11.6 Å². The highest BCUT2D eigenvalue weighted by Crippen LogP contribution is 2.36. The zero-order valence-corrected chi connectivity index (χ0v) is 16.7. The zero-order chi connectivity index (χ0) is 21.0. The molecule has 6 nitrogen and oxygen atoms in total. The van der Waals surface area contributed by atoms with Gasteiger partial charge in [0.15, 0.2) is 0 Å². The fourth-order valence-electron chi connectivity index (χ4n) is 3.17. The first-order valence-corrected chi connectivity index (χ1v) is 9.96. The number of amides is 2. The lowest BCUT2D eigenvalue weighted by atomic mass is 10.2. The van der Waals surface area contributed by atoms with E-state index in [1.54, 1.807) is 0 Å². The summed E-state index contributed by atoms with van der Waals surface area (Å²) in [5, 5.41) is 5.01. The minimum absolute atomic E-state index is 0.0197. The van der Waals surface area contributed by atoms with Crippen LogP contribution < -0.4 is 10.6 Å². The van der Waals surface area contributed by atoms with Crippen molar-refractivity contribution in [2.24, 2.45) is 5.92 Å². The second kappa shape index (κ2) is 9.32. The SMILES string of the molecule is O=C(CN1CCN(CC(=O)Nc2ccc(Cl)c(C(F)(F)F)c2)CC1)NCC1CC1. The number of nitrogens with one attached hydrogen (secondary N) is 2. The van der Waals surface area contributed by atoms with E-state index in [-0.39, 0.29) is 18.1 Å². The first-order chi connectivity index (χ1) is 13.7. The number of rotatable bonds is 7. The average Bonchev–Trinajstić information content (AvgIpc) is 3.47. The minimum atomic E-state index is -4.58. The van der Waals surface area contributed by atoms with Crippen LogP contribution in [0.15, 0.2) is 18.2 Å². The van der Waals surface area contributed by atoms with E-state index in [2.05, 4.69) is 10.6 Å². The third-order valence-corrected chi connectivity index (χ3v) is 5.37. The Bertz CT molecular complexity index is 747. The van der Waals surface area contributed by atoms with E-state index >= 15 is 0 Å². The molecule has 2 aliphatic rings. The van der Waals surface area contributed by atoms with E-state index in [1.165, 1.54) is 18.9 Å². The van der Waals surface area contributed by atoms with Crippen molar-refractivity contribution in [3.05, 3.63) is 28.8 Å². The summed E-state index contributed by atoms with van der Waals surface area (Å²) in [6.07, 6.45) is -2.21. The smallest absolute Gasteiger partial charge is 0.355 e. The fourth-order valence-corrected chi connectivity index (χ4v) is 3.39. The van der Waals surface area contributed by atoms with E-state index in [0.717, 1.165) is 18.7 Å². The number of alkyl halides is 3. The maximum Gasteiger partial charge on any atom is 0.417 e. The van der Waals surface area contributed by atoms with Gasteiger partial charge >= 0.3 is 6.18 Å². The average molecular weight is 433 g/mol. The summed E-state index contributed by atoms with van der Waals surface area (Å²) in [7, 11) is 0. The molecule has 0 spiro atoms. The first kappa shape index (κ1) is 21.9. The third-order valence-electron chi connectivity index (χ3n) is 5.04. The van der Waals surface area contributed by atoms with Crippen molar-refractivity contribution in [1.82, 2.24) is 15.1 Å². The molecule has 1 heterocycles. The molecule has 29 heavy (non-hydrogen) atoms. The van der Waals surface area contributed by atoms with Crippen molar-refractivity contribution in [2.45, 2.75) is 19.0 Å². The van der Waals surface area contributed by atoms with E-state index in [9.17, 15) is 22.8 Å². The van der Waals surface area contributed by atoms with Crippen LogP contribution in [0.3, 0.4) is 0 Å². The molecule has 1 aromatic carbocycles. The molecular weight excluding hydrogens is 409 g/mol. The second-order valence-electron chi connectivity index (χ2n) is 7.54. The number of piperazine rings is 1. The molecule has 10 heteroatoms. The van der Waals surface area contributed by atoms with Gasteiger partial charge in [0, 0.05) is 38.4 Å². The highest BCUT2D eigenvalue weighted by Gasteiger charge is 2.33. The Balaban J connectivity index is 1.41. The van der Waals surface area contributed by atoms with Crippen LogP contribution in [-0.4, -0.2) is 67.4 Å². The molecule has 0 bridgehead atoms. The number of nitrogens with zero attached hydrogens (tertiary/aromatic N) is 2. The van der Waals surface area contributed by atoms with Crippen LogP contribution in [0.4, 0.5) is 18.9 Å². The monoisotopic (exact) mass is 432 g/mol. The molecule has 0 unspecified atom stereocenters. The first-order valence-electron chi connectivity index (χ1n) is 9.58. The van der Waals surface area contributed by atoms with Gasteiger partial charge in [0.1, 0.15) is 0 Å². The summed E-state index contributed by atoms with van der Waals surface area (Å²) in [6, 6.07) is 3.29. The second-order valence-corrected chi connectivity index (χ2v) is 7.95. The van der Waals surface area contributed by atoms with Gasteiger partial charge in [-0.2, -0.15) is 13.2 Å². The third kappa shape index (κ3) is 6.87. The Morgan fingerprint density at radius 2 is 1.62 bits per heavy atom. The van der Waals surface area contributed by atoms with Gasteiger partial charge in [0.05, 0.1) is 23.7 Å². The number of hydrogen-bond donors (Lipinski definition) is 2. The number of carbonyl (C=O) groups excluding carboxylic acids is 2. The van der Waals surface area contributed by atoms with Crippen molar-refractivity contribution in [3.8, 4) is 0 Å². The topological polar surface area (TPSA) is 64.7 Å². The fraction of sp³-hybridized carbons (Fsp3) is 0.579. The molecule has 1 aliphatic carbocycles. The van der Waals surface area contributed by atoms with Crippen molar-refractivity contribution >= 4 is 29.1 Å². The van der Waals surface area contributed by atoms with E-state index in [0.29, 0.717) is 38.6 Å². The molecule has 2 fully saturated rings. The normalized spacial score (nSPS) is 18.5. The molecular formula is C19H24ClF3N4O2. The predicted molar refractivity (Wildman–Crippen MR) is 104 cm³/mol. The van der Waals surface area contributed by atoms with Crippen LogP contribution in [0, 0.1) is 5.92 Å². The highest BCUT2D eigenvalue weighted by atomic mass is 35.5. The molecule has 0 atom stereocenters. The van der Waals surface area contributed by atoms with Crippen molar-refractivity contribution in [1.29, 1.82) is 0 Å². The Hall–Kier alpha value is -1.84. The molecule has 0 aromatic heterocycles. The maximum absolute atomic E-state index is 12.9. The van der Waals surface area contributed by atoms with Crippen molar-refractivity contribution in [2.75, 3.05) is 51.1 Å². The van der Waals surface area contributed by atoms with Crippen LogP contribution in [0.25, 0.3) is 0 Å².